The van der Waals surface area contributed by atoms with Crippen molar-refractivity contribution in [1.29, 1.82) is 0 Å². The largest absolute Gasteiger partial charge is 0.451 e. The Morgan fingerprint density at radius 3 is 2.62 bits per heavy atom. The van der Waals surface area contributed by atoms with Crippen LogP contribution in [0.1, 0.15) is 40.2 Å². The molecule has 3 aromatic carbocycles. The van der Waals surface area contributed by atoms with E-state index >= 15 is 0 Å². The van der Waals surface area contributed by atoms with Crippen LogP contribution in [0.15, 0.2) is 65.1 Å². The van der Waals surface area contributed by atoms with Gasteiger partial charge < -0.3 is 9.73 Å². The minimum Gasteiger partial charge on any atom is -0.451 e. The van der Waals surface area contributed by atoms with E-state index in [-0.39, 0.29) is 11.9 Å². The van der Waals surface area contributed by atoms with Crippen molar-refractivity contribution in [3.05, 3.63) is 83.1 Å². The summed E-state index contributed by atoms with van der Waals surface area (Å²) in [4.78, 5) is 12.7. The molecule has 1 amide bonds. The fourth-order valence-corrected chi connectivity index (χ4v) is 3.48. The fourth-order valence-electron chi connectivity index (χ4n) is 3.48. The van der Waals surface area contributed by atoms with Crippen molar-refractivity contribution >= 4 is 27.6 Å². The summed E-state index contributed by atoms with van der Waals surface area (Å²) in [5.41, 5.74) is 4.20. The van der Waals surface area contributed by atoms with E-state index in [9.17, 15) is 4.79 Å². The first kappa shape index (κ1) is 16.4. The number of nitrogens with one attached hydrogen (secondary N) is 1. The molecule has 1 N–H and O–H groups in total. The van der Waals surface area contributed by atoms with Gasteiger partial charge in [-0.25, -0.2) is 0 Å². The molecule has 1 unspecified atom stereocenters. The van der Waals surface area contributed by atoms with Gasteiger partial charge in [-0.1, -0.05) is 54.1 Å². The summed E-state index contributed by atoms with van der Waals surface area (Å²) in [5.74, 6) is 0.146. The van der Waals surface area contributed by atoms with Crippen LogP contribution in [0.4, 0.5) is 0 Å². The molecule has 0 aliphatic rings. The number of aryl methyl sites for hydroxylation is 2. The number of hydrogen-bond donors (Lipinski definition) is 1. The molecule has 0 saturated heterocycles. The molecule has 0 radical (unpaired) electrons. The van der Waals surface area contributed by atoms with E-state index in [0.717, 1.165) is 27.3 Å². The quantitative estimate of drug-likeness (QED) is 0.519. The van der Waals surface area contributed by atoms with Gasteiger partial charge in [-0.2, -0.15) is 0 Å². The van der Waals surface area contributed by atoms with Gasteiger partial charge in [-0.05, 0) is 54.8 Å². The first-order chi connectivity index (χ1) is 12.5. The van der Waals surface area contributed by atoms with Crippen molar-refractivity contribution in [2.75, 3.05) is 0 Å². The number of amides is 1. The SMILES string of the molecule is Cc1ccc(C)c(C(C)NC(=O)c2cc3c(ccc4ccccc43)o2)c1. The van der Waals surface area contributed by atoms with Crippen LogP contribution in [0.5, 0.6) is 0 Å². The van der Waals surface area contributed by atoms with Crippen LogP contribution in [-0.4, -0.2) is 5.91 Å². The lowest BCUT2D eigenvalue weighted by molar-refractivity contribution is 0.0914. The van der Waals surface area contributed by atoms with Gasteiger partial charge >= 0.3 is 0 Å². The lowest BCUT2D eigenvalue weighted by atomic mass is 10.00. The molecule has 3 heteroatoms. The molecule has 4 rings (SSSR count). The van der Waals surface area contributed by atoms with Gasteiger partial charge in [0, 0.05) is 5.39 Å². The Bertz CT molecular complexity index is 1120. The molecule has 1 atom stereocenters. The van der Waals surface area contributed by atoms with Crippen LogP contribution in [0.2, 0.25) is 0 Å². The number of hydrogen-bond acceptors (Lipinski definition) is 2. The highest BCUT2D eigenvalue weighted by Gasteiger charge is 2.17. The molecule has 130 valence electrons. The summed E-state index contributed by atoms with van der Waals surface area (Å²) < 4.78 is 5.82. The summed E-state index contributed by atoms with van der Waals surface area (Å²) in [5, 5.41) is 6.25. The van der Waals surface area contributed by atoms with Crippen molar-refractivity contribution in [2.45, 2.75) is 26.8 Å². The minimum absolute atomic E-state index is 0.0904. The van der Waals surface area contributed by atoms with Crippen LogP contribution in [0.3, 0.4) is 0 Å². The van der Waals surface area contributed by atoms with Gasteiger partial charge in [0.15, 0.2) is 5.76 Å². The highest BCUT2D eigenvalue weighted by atomic mass is 16.3. The third-order valence-corrected chi connectivity index (χ3v) is 4.90. The van der Waals surface area contributed by atoms with Crippen LogP contribution >= 0.6 is 0 Å². The molecule has 26 heavy (non-hydrogen) atoms. The Morgan fingerprint density at radius 1 is 0.962 bits per heavy atom. The summed E-state index contributed by atoms with van der Waals surface area (Å²) in [6.45, 7) is 6.12. The summed E-state index contributed by atoms with van der Waals surface area (Å²) in [6.07, 6.45) is 0. The van der Waals surface area contributed by atoms with E-state index in [1.165, 1.54) is 11.1 Å². The van der Waals surface area contributed by atoms with Gasteiger partial charge in [-0.15, -0.1) is 0 Å². The van der Waals surface area contributed by atoms with Gasteiger partial charge in [0.05, 0.1) is 6.04 Å². The predicted molar refractivity (Wildman–Crippen MR) is 106 cm³/mol. The topological polar surface area (TPSA) is 42.2 Å². The van der Waals surface area contributed by atoms with Gasteiger partial charge in [0.25, 0.3) is 5.91 Å². The van der Waals surface area contributed by atoms with E-state index in [2.05, 4.69) is 43.4 Å². The molecule has 0 saturated carbocycles. The van der Waals surface area contributed by atoms with E-state index < -0.39 is 0 Å². The zero-order valence-corrected chi connectivity index (χ0v) is 15.2. The van der Waals surface area contributed by atoms with E-state index in [4.69, 9.17) is 4.42 Å². The van der Waals surface area contributed by atoms with E-state index in [0.29, 0.717) is 5.76 Å². The second-order valence-corrected chi connectivity index (χ2v) is 6.86. The summed E-state index contributed by atoms with van der Waals surface area (Å²) in [6, 6.07) is 20.1. The smallest absolute Gasteiger partial charge is 0.287 e. The average Bonchev–Trinajstić information content (AvgIpc) is 3.08. The molecule has 0 bridgehead atoms. The maximum absolute atomic E-state index is 12.7. The molecule has 0 aliphatic heterocycles. The maximum atomic E-state index is 12.7. The zero-order valence-electron chi connectivity index (χ0n) is 15.2. The number of carbonyl (C=O) groups is 1. The standard InChI is InChI=1S/C23H21NO2/c1-14-8-9-15(2)19(12-14)16(3)24-23(25)22-13-20-18-7-5-4-6-17(18)10-11-21(20)26-22/h4-13,16H,1-3H3,(H,24,25). The molecule has 0 aliphatic carbocycles. The monoisotopic (exact) mass is 343 g/mol. The minimum atomic E-state index is -0.196. The van der Waals surface area contributed by atoms with Crippen LogP contribution < -0.4 is 5.32 Å². The highest BCUT2D eigenvalue weighted by Crippen LogP contribution is 2.28. The van der Waals surface area contributed by atoms with Crippen LogP contribution in [-0.2, 0) is 0 Å². The van der Waals surface area contributed by atoms with Gasteiger partial charge in [0.2, 0.25) is 0 Å². The summed E-state index contributed by atoms with van der Waals surface area (Å²) in [7, 11) is 0. The van der Waals surface area contributed by atoms with Crippen LogP contribution in [0.25, 0.3) is 21.7 Å². The highest BCUT2D eigenvalue weighted by molar-refractivity contribution is 6.08. The molecular formula is C23H21NO2. The molecular weight excluding hydrogens is 322 g/mol. The van der Waals surface area contributed by atoms with Gasteiger partial charge in [-0.3, -0.25) is 4.79 Å². The zero-order chi connectivity index (χ0) is 18.3. The van der Waals surface area contributed by atoms with Crippen molar-refractivity contribution < 1.29 is 9.21 Å². The number of benzene rings is 3. The van der Waals surface area contributed by atoms with Crippen molar-refractivity contribution in [2.24, 2.45) is 0 Å². The normalized spacial score (nSPS) is 12.4. The van der Waals surface area contributed by atoms with E-state index in [1.807, 2.05) is 43.3 Å². The maximum Gasteiger partial charge on any atom is 0.287 e. The van der Waals surface area contributed by atoms with Crippen molar-refractivity contribution in [3.63, 3.8) is 0 Å². The second kappa shape index (κ2) is 6.34. The molecule has 3 nitrogen and oxygen atoms in total. The summed E-state index contributed by atoms with van der Waals surface area (Å²) >= 11 is 0. The Hall–Kier alpha value is -3.07. The molecule has 1 aromatic heterocycles. The number of rotatable bonds is 3. The molecule has 0 spiro atoms. The number of furan rings is 1. The predicted octanol–water partition coefficient (Wildman–Crippen LogP) is 5.69. The first-order valence-electron chi connectivity index (χ1n) is 8.82. The Morgan fingerprint density at radius 2 is 1.77 bits per heavy atom. The third-order valence-electron chi connectivity index (χ3n) is 4.90. The Kier molecular flexibility index (Phi) is 4.00. The van der Waals surface area contributed by atoms with Crippen molar-refractivity contribution in [3.8, 4) is 0 Å². The van der Waals surface area contributed by atoms with Crippen molar-refractivity contribution in [1.82, 2.24) is 5.32 Å². The third kappa shape index (κ3) is 2.86. The molecule has 1 heterocycles. The van der Waals surface area contributed by atoms with E-state index in [1.54, 1.807) is 0 Å². The lowest BCUT2D eigenvalue weighted by Crippen LogP contribution is -2.26. The average molecular weight is 343 g/mol. The Balaban J connectivity index is 1.66. The number of fused-ring (bicyclic) bond motifs is 3. The second-order valence-electron chi connectivity index (χ2n) is 6.86. The van der Waals surface area contributed by atoms with Gasteiger partial charge in [0.1, 0.15) is 5.58 Å². The first-order valence-corrected chi connectivity index (χ1v) is 8.82. The fraction of sp³-hybridized carbons (Fsp3) is 0.174. The molecule has 4 aromatic rings. The number of carbonyl (C=O) groups excluding carboxylic acids is 1. The van der Waals surface area contributed by atoms with Crippen LogP contribution in [0, 0.1) is 13.8 Å². The lowest BCUT2D eigenvalue weighted by Gasteiger charge is -2.16. The Labute approximate surface area is 152 Å². The molecule has 0 fully saturated rings.